The lowest BCUT2D eigenvalue weighted by atomic mass is 10.2. The molecule has 2 saturated heterocycles. The Kier molecular flexibility index (Phi) is 8.52. The summed E-state index contributed by atoms with van der Waals surface area (Å²) in [5, 5.41) is 8.59. The average molecular weight is 648 g/mol. The van der Waals surface area contributed by atoms with Gasteiger partial charge in [-0.05, 0) is 56.9 Å². The number of primary amides is 2. The van der Waals surface area contributed by atoms with Gasteiger partial charge in [-0.25, -0.2) is 32.7 Å². The molecule has 228 valence electrons. The summed E-state index contributed by atoms with van der Waals surface area (Å²) >= 11 is 2.57. The summed E-state index contributed by atoms with van der Waals surface area (Å²) in [5.74, 6) is -1.22. The Morgan fingerprint density at radius 3 is 2.12 bits per heavy atom. The maximum Gasteiger partial charge on any atom is 0.331 e. The van der Waals surface area contributed by atoms with Gasteiger partial charge in [-0.3, -0.25) is 14.9 Å². The van der Waals surface area contributed by atoms with Crippen LogP contribution < -0.4 is 26.8 Å². The third-order valence-corrected chi connectivity index (χ3v) is 10.3. The quantitative estimate of drug-likeness (QED) is 0.241. The number of aromatic nitrogens is 2. The smallest absolute Gasteiger partial charge is 0.331 e. The van der Waals surface area contributed by atoms with Gasteiger partial charge in [0, 0.05) is 24.2 Å². The molecule has 5 rings (SSSR count). The molecule has 2 aromatic heterocycles. The molecule has 0 aliphatic carbocycles. The van der Waals surface area contributed by atoms with Crippen LogP contribution in [0.15, 0.2) is 34.5 Å². The number of thiazole rings is 2. The van der Waals surface area contributed by atoms with Gasteiger partial charge in [0.2, 0.25) is 11.8 Å². The van der Waals surface area contributed by atoms with Crippen LogP contribution in [0, 0.1) is 6.92 Å². The first-order valence-corrected chi connectivity index (χ1v) is 16.4. The fourth-order valence-electron chi connectivity index (χ4n) is 4.97. The standard InChI is InChI=1S/C25H29N9O6S3/c1-13-19(42-23(28-13)31-24(37)33-10-2-4-17(33)20(26)35)16-12-41-22(30-16)29-14-6-8-15(9-7-14)43(39,40)32-25(38)34-11-3-5-18(34)21(27)36/h6-9,12,17-18H,2-5,10-11H2,1H3,(H2,26,35)(H2,27,36)(H,29,30)(H,32,38)(H,28,31,37)/t17-,18-/m0/s1. The fourth-order valence-corrected chi connectivity index (χ4v) is 7.64. The molecular formula is C25H29N9O6S3. The molecule has 2 aliphatic heterocycles. The number of rotatable bonds is 8. The average Bonchev–Trinajstić information content (AvgIpc) is 3.75. The monoisotopic (exact) mass is 647 g/mol. The van der Waals surface area contributed by atoms with Crippen LogP contribution in [0.25, 0.3) is 10.6 Å². The molecule has 43 heavy (non-hydrogen) atoms. The van der Waals surface area contributed by atoms with Gasteiger partial charge in [0.05, 0.1) is 21.2 Å². The number of carbonyl (C=O) groups excluding carboxylic acids is 4. The molecule has 2 fully saturated rings. The first-order chi connectivity index (χ1) is 20.4. The summed E-state index contributed by atoms with van der Waals surface area (Å²) < 4.78 is 27.5. The van der Waals surface area contributed by atoms with Crippen molar-refractivity contribution < 1.29 is 27.6 Å². The lowest BCUT2D eigenvalue weighted by molar-refractivity contribution is -0.122. The highest BCUT2D eigenvalue weighted by Crippen LogP contribution is 2.35. The van der Waals surface area contributed by atoms with E-state index >= 15 is 0 Å². The van der Waals surface area contributed by atoms with Crippen LogP contribution in [-0.4, -0.2) is 77.2 Å². The van der Waals surface area contributed by atoms with Crippen LogP contribution in [-0.2, 0) is 19.6 Å². The highest BCUT2D eigenvalue weighted by Gasteiger charge is 2.35. The number of carbonyl (C=O) groups is 4. The van der Waals surface area contributed by atoms with E-state index in [0.717, 1.165) is 9.78 Å². The minimum atomic E-state index is -4.19. The highest BCUT2D eigenvalue weighted by molar-refractivity contribution is 7.90. The number of anilines is 3. The Morgan fingerprint density at radius 2 is 1.51 bits per heavy atom. The van der Waals surface area contributed by atoms with Gasteiger partial charge < -0.3 is 26.6 Å². The number of sulfonamides is 1. The summed E-state index contributed by atoms with van der Waals surface area (Å²) in [6.07, 6.45) is 2.17. The van der Waals surface area contributed by atoms with Crippen molar-refractivity contribution in [2.45, 2.75) is 49.6 Å². The second kappa shape index (κ2) is 12.1. The number of hydrogen-bond donors (Lipinski definition) is 5. The minimum absolute atomic E-state index is 0.132. The third kappa shape index (κ3) is 6.55. The second-order valence-corrected chi connectivity index (χ2v) is 13.5. The van der Waals surface area contributed by atoms with Crippen molar-refractivity contribution in [3.63, 3.8) is 0 Å². The van der Waals surface area contributed by atoms with E-state index in [1.54, 1.807) is 6.92 Å². The van der Waals surface area contributed by atoms with Crippen molar-refractivity contribution in [3.8, 4) is 10.6 Å². The van der Waals surface area contributed by atoms with Crippen molar-refractivity contribution in [1.29, 1.82) is 0 Å². The molecule has 6 amide bonds. The number of likely N-dealkylation sites (tertiary alicyclic amines) is 2. The first-order valence-electron chi connectivity index (χ1n) is 13.2. The predicted molar refractivity (Wildman–Crippen MR) is 160 cm³/mol. The van der Waals surface area contributed by atoms with Crippen molar-refractivity contribution in [2.75, 3.05) is 23.7 Å². The van der Waals surface area contributed by atoms with E-state index < -0.39 is 46.0 Å². The molecular weight excluding hydrogens is 619 g/mol. The summed E-state index contributed by atoms with van der Waals surface area (Å²) in [6.45, 7) is 2.47. The largest absolute Gasteiger partial charge is 0.368 e. The van der Waals surface area contributed by atoms with Crippen LogP contribution in [0.3, 0.4) is 0 Å². The van der Waals surface area contributed by atoms with E-state index in [1.165, 1.54) is 51.8 Å². The Balaban J connectivity index is 1.21. The van der Waals surface area contributed by atoms with Crippen molar-refractivity contribution >= 4 is 72.5 Å². The Morgan fingerprint density at radius 1 is 0.907 bits per heavy atom. The molecule has 0 unspecified atom stereocenters. The molecule has 2 atom stereocenters. The van der Waals surface area contributed by atoms with Gasteiger partial charge in [0.15, 0.2) is 10.3 Å². The lowest BCUT2D eigenvalue weighted by Crippen LogP contribution is -2.49. The molecule has 3 aromatic rings. The first kappa shape index (κ1) is 30.2. The summed E-state index contributed by atoms with van der Waals surface area (Å²) in [5.41, 5.74) is 12.6. The number of amides is 6. The SMILES string of the molecule is Cc1nc(NC(=O)N2CCC[C@H]2C(N)=O)sc1-c1csc(Nc2ccc(S(=O)(=O)NC(=O)N3CCC[C@H]3C(N)=O)cc2)n1. The molecule has 15 nitrogen and oxygen atoms in total. The molecule has 18 heteroatoms. The van der Waals surface area contributed by atoms with Crippen molar-refractivity contribution in [3.05, 3.63) is 35.3 Å². The molecule has 0 bridgehead atoms. The number of nitrogens with one attached hydrogen (secondary N) is 3. The number of aryl methyl sites for hydroxylation is 1. The van der Waals surface area contributed by atoms with Gasteiger partial charge in [0.25, 0.3) is 10.0 Å². The zero-order chi connectivity index (χ0) is 30.9. The molecule has 0 spiro atoms. The van der Waals surface area contributed by atoms with Gasteiger partial charge in [-0.1, -0.05) is 11.3 Å². The van der Waals surface area contributed by atoms with Gasteiger partial charge >= 0.3 is 12.1 Å². The van der Waals surface area contributed by atoms with Crippen LogP contribution in [0.1, 0.15) is 31.4 Å². The molecule has 2 aliphatic rings. The van der Waals surface area contributed by atoms with E-state index in [-0.39, 0.29) is 11.4 Å². The molecule has 0 saturated carbocycles. The molecule has 1 aromatic carbocycles. The molecule has 7 N–H and O–H groups in total. The van der Waals surface area contributed by atoms with Gasteiger partial charge in [-0.15, -0.1) is 11.3 Å². The minimum Gasteiger partial charge on any atom is -0.368 e. The van der Waals surface area contributed by atoms with Crippen LogP contribution in [0.2, 0.25) is 0 Å². The zero-order valence-corrected chi connectivity index (χ0v) is 25.4. The van der Waals surface area contributed by atoms with E-state index in [1.807, 2.05) is 10.1 Å². The number of nitrogens with zero attached hydrogens (tertiary/aromatic N) is 4. The maximum atomic E-state index is 12.8. The Labute approximate surface area is 254 Å². The highest BCUT2D eigenvalue weighted by atomic mass is 32.2. The topological polar surface area (TPSA) is 223 Å². The summed E-state index contributed by atoms with van der Waals surface area (Å²) in [6, 6.07) is 2.95. The zero-order valence-electron chi connectivity index (χ0n) is 22.9. The van der Waals surface area contributed by atoms with Crippen LogP contribution in [0.5, 0.6) is 0 Å². The number of urea groups is 2. The van der Waals surface area contributed by atoms with E-state index in [2.05, 4.69) is 20.6 Å². The number of benzene rings is 1. The Bertz CT molecular complexity index is 1670. The second-order valence-electron chi connectivity index (χ2n) is 9.97. The van der Waals surface area contributed by atoms with Gasteiger partial charge in [0.1, 0.15) is 12.1 Å². The van der Waals surface area contributed by atoms with Crippen molar-refractivity contribution in [1.82, 2.24) is 24.5 Å². The third-order valence-electron chi connectivity index (χ3n) is 7.07. The maximum absolute atomic E-state index is 12.8. The number of nitrogens with two attached hydrogens (primary N) is 2. The predicted octanol–water partition coefficient (Wildman–Crippen LogP) is 2.15. The van der Waals surface area contributed by atoms with Crippen LogP contribution in [0.4, 0.5) is 25.5 Å². The molecule has 0 radical (unpaired) electrons. The molecule has 4 heterocycles. The van der Waals surface area contributed by atoms with E-state index in [9.17, 15) is 27.6 Å². The van der Waals surface area contributed by atoms with Crippen LogP contribution >= 0.6 is 22.7 Å². The van der Waals surface area contributed by atoms with Gasteiger partial charge in [-0.2, -0.15) is 0 Å². The lowest BCUT2D eigenvalue weighted by Gasteiger charge is -2.22. The number of hydrogen-bond acceptors (Lipinski definition) is 11. The summed E-state index contributed by atoms with van der Waals surface area (Å²) in [4.78, 5) is 60.6. The van der Waals surface area contributed by atoms with Crippen molar-refractivity contribution in [2.24, 2.45) is 11.5 Å². The Hall–Kier alpha value is -4.29. The van der Waals surface area contributed by atoms with E-state index in [4.69, 9.17) is 11.5 Å². The van der Waals surface area contributed by atoms with E-state index in [0.29, 0.717) is 59.6 Å². The summed E-state index contributed by atoms with van der Waals surface area (Å²) in [7, 11) is -4.19. The fraction of sp³-hybridized carbons (Fsp3) is 0.360. The normalized spacial score (nSPS) is 18.4.